The van der Waals surface area contributed by atoms with Gasteiger partial charge in [-0.05, 0) is 66.9 Å². The van der Waals surface area contributed by atoms with E-state index in [1.54, 1.807) is 18.6 Å². The zero-order chi connectivity index (χ0) is 35.0. The number of amides is 2. The van der Waals surface area contributed by atoms with Gasteiger partial charge in [-0.3, -0.25) is 19.5 Å². The number of anilines is 3. The molecule has 12 heteroatoms. The van der Waals surface area contributed by atoms with E-state index >= 15 is 0 Å². The summed E-state index contributed by atoms with van der Waals surface area (Å²) in [6.45, 7) is 11.1. The van der Waals surface area contributed by atoms with Gasteiger partial charge < -0.3 is 29.7 Å². The second kappa shape index (κ2) is 19.4. The van der Waals surface area contributed by atoms with E-state index in [2.05, 4.69) is 37.4 Å². The number of piperazine rings is 1. The molecule has 2 N–H and O–H groups in total. The van der Waals surface area contributed by atoms with Crippen LogP contribution in [0.2, 0.25) is 0 Å². The molecule has 0 aliphatic carbocycles. The van der Waals surface area contributed by atoms with Gasteiger partial charge in [0.15, 0.2) is 0 Å². The molecule has 1 aliphatic rings. The average molecular weight is 682 g/mol. The lowest BCUT2D eigenvalue weighted by atomic mass is 10.1. The number of aromatic nitrogens is 3. The molecule has 264 valence electrons. The van der Waals surface area contributed by atoms with Crippen molar-refractivity contribution in [2.24, 2.45) is 0 Å². The average Bonchev–Trinajstić information content (AvgIpc) is 3.15. The van der Waals surface area contributed by atoms with Crippen LogP contribution in [0.3, 0.4) is 0 Å². The van der Waals surface area contributed by atoms with Crippen molar-refractivity contribution < 1.29 is 23.8 Å². The molecule has 0 bridgehead atoms. The molecular weight excluding hydrogens is 634 g/mol. The summed E-state index contributed by atoms with van der Waals surface area (Å²) in [7, 11) is 0. The maximum absolute atomic E-state index is 13.1. The smallest absolute Gasteiger partial charge is 0.255 e. The highest BCUT2D eigenvalue weighted by molar-refractivity contribution is 6.04. The largest absolute Gasteiger partial charge is 0.379 e. The van der Waals surface area contributed by atoms with Crippen molar-refractivity contribution in [2.75, 3.05) is 76.5 Å². The number of ether oxygens (including phenoxy) is 3. The second-order valence-corrected chi connectivity index (χ2v) is 12.1. The Kier molecular flexibility index (Phi) is 14.2. The zero-order valence-corrected chi connectivity index (χ0v) is 29.0. The first-order valence-electron chi connectivity index (χ1n) is 17.2. The van der Waals surface area contributed by atoms with E-state index in [0.717, 1.165) is 60.7 Å². The van der Waals surface area contributed by atoms with E-state index < -0.39 is 0 Å². The van der Waals surface area contributed by atoms with E-state index in [1.165, 1.54) is 0 Å². The number of aryl methyl sites for hydroxylation is 1. The Hall–Kier alpha value is -4.75. The van der Waals surface area contributed by atoms with Gasteiger partial charge in [-0.15, -0.1) is 0 Å². The lowest BCUT2D eigenvalue weighted by Crippen LogP contribution is -2.48. The van der Waals surface area contributed by atoms with Crippen LogP contribution < -0.4 is 10.6 Å². The van der Waals surface area contributed by atoms with Gasteiger partial charge in [-0.1, -0.05) is 25.1 Å². The SMILES string of the molecule is CCCOCCOCCOCCC(=O)N1CCN(Cc2ccc(C(=O)Nc3ccc(C)c(Nc4nccc(-c5cccnc5)n4)c3)cc2)CC1. The lowest BCUT2D eigenvalue weighted by Gasteiger charge is -2.34. The summed E-state index contributed by atoms with van der Waals surface area (Å²) >= 11 is 0. The fraction of sp³-hybridized carbons (Fsp3) is 0.395. The van der Waals surface area contributed by atoms with Gasteiger partial charge >= 0.3 is 0 Å². The summed E-state index contributed by atoms with van der Waals surface area (Å²) in [5.41, 5.74) is 5.79. The van der Waals surface area contributed by atoms with Crippen molar-refractivity contribution in [3.05, 3.63) is 95.9 Å². The van der Waals surface area contributed by atoms with Crippen LogP contribution in [0, 0.1) is 6.92 Å². The predicted molar refractivity (Wildman–Crippen MR) is 193 cm³/mol. The first-order valence-corrected chi connectivity index (χ1v) is 17.2. The van der Waals surface area contributed by atoms with E-state index in [1.807, 2.05) is 72.5 Å². The molecular formula is C38H47N7O5. The van der Waals surface area contributed by atoms with Gasteiger partial charge in [0.1, 0.15) is 0 Å². The third kappa shape index (κ3) is 11.4. The molecule has 0 spiro atoms. The van der Waals surface area contributed by atoms with E-state index in [4.69, 9.17) is 14.2 Å². The van der Waals surface area contributed by atoms with Crippen LogP contribution in [-0.2, 0) is 25.5 Å². The first kappa shape index (κ1) is 36.5. The van der Waals surface area contributed by atoms with Crippen molar-refractivity contribution in [3.63, 3.8) is 0 Å². The molecule has 4 aromatic rings. The third-order valence-electron chi connectivity index (χ3n) is 8.25. The predicted octanol–water partition coefficient (Wildman–Crippen LogP) is 5.34. The van der Waals surface area contributed by atoms with Crippen molar-refractivity contribution in [2.45, 2.75) is 33.2 Å². The third-order valence-corrected chi connectivity index (χ3v) is 8.25. The molecule has 2 aromatic carbocycles. The van der Waals surface area contributed by atoms with E-state index in [0.29, 0.717) is 69.7 Å². The van der Waals surface area contributed by atoms with Gasteiger partial charge in [-0.25, -0.2) is 9.97 Å². The number of hydrogen-bond acceptors (Lipinski definition) is 10. The Morgan fingerprint density at radius 1 is 0.840 bits per heavy atom. The van der Waals surface area contributed by atoms with Gasteiger partial charge in [-0.2, -0.15) is 0 Å². The number of nitrogens with zero attached hydrogens (tertiary/aromatic N) is 5. The molecule has 5 rings (SSSR count). The minimum Gasteiger partial charge on any atom is -0.379 e. The Morgan fingerprint density at radius 3 is 2.30 bits per heavy atom. The quantitative estimate of drug-likeness (QED) is 0.133. The number of carbonyl (C=O) groups is 2. The standard InChI is InChI=1S/C38H47N7O5/c1-3-20-48-22-24-50-25-23-49-21-13-36(46)45-18-16-44(17-19-45)28-30-7-9-31(10-8-30)37(47)41-33-11-6-29(2)35(26-33)43-38-40-15-12-34(42-38)32-5-4-14-39-27-32/h4-12,14-15,26-27H,3,13,16-25,28H2,1-2H3,(H,41,47)(H,40,42,43). The van der Waals surface area contributed by atoms with Crippen molar-refractivity contribution in [1.29, 1.82) is 0 Å². The Labute approximate surface area is 294 Å². The van der Waals surface area contributed by atoms with Crippen molar-refractivity contribution in [3.8, 4) is 11.3 Å². The molecule has 2 aromatic heterocycles. The molecule has 3 heterocycles. The molecule has 0 saturated carbocycles. The molecule has 1 saturated heterocycles. The number of hydrogen-bond donors (Lipinski definition) is 2. The summed E-state index contributed by atoms with van der Waals surface area (Å²) in [5.74, 6) is 0.378. The molecule has 2 amide bonds. The van der Waals surface area contributed by atoms with Crippen LogP contribution in [0.4, 0.5) is 17.3 Å². The molecule has 0 radical (unpaired) electrons. The summed E-state index contributed by atoms with van der Waals surface area (Å²) in [5, 5.41) is 6.29. The highest BCUT2D eigenvalue weighted by Gasteiger charge is 2.21. The summed E-state index contributed by atoms with van der Waals surface area (Å²) < 4.78 is 16.4. The van der Waals surface area contributed by atoms with Crippen LogP contribution >= 0.6 is 0 Å². The van der Waals surface area contributed by atoms with Gasteiger partial charge in [0.05, 0.1) is 45.1 Å². The number of carbonyl (C=O) groups excluding carboxylic acids is 2. The normalized spacial score (nSPS) is 13.3. The van der Waals surface area contributed by atoms with E-state index in [-0.39, 0.29) is 11.8 Å². The molecule has 1 fully saturated rings. The number of benzene rings is 2. The minimum absolute atomic E-state index is 0.119. The van der Waals surface area contributed by atoms with Gasteiger partial charge in [0.2, 0.25) is 11.9 Å². The number of rotatable bonds is 18. The Morgan fingerprint density at radius 2 is 1.58 bits per heavy atom. The Balaban J connectivity index is 1.02. The van der Waals surface area contributed by atoms with Crippen molar-refractivity contribution >= 4 is 29.1 Å². The molecule has 0 atom stereocenters. The van der Waals surface area contributed by atoms with Crippen LogP contribution in [-0.4, -0.2) is 102 Å². The maximum atomic E-state index is 13.1. The van der Waals surface area contributed by atoms with Crippen LogP contribution in [0.25, 0.3) is 11.3 Å². The summed E-state index contributed by atoms with van der Waals surface area (Å²) in [4.78, 5) is 43.2. The Bertz CT molecular complexity index is 1650. The van der Waals surface area contributed by atoms with Crippen LogP contribution in [0.1, 0.15) is 41.3 Å². The second-order valence-electron chi connectivity index (χ2n) is 12.1. The summed E-state index contributed by atoms with van der Waals surface area (Å²) in [6, 6.07) is 19.0. The highest BCUT2D eigenvalue weighted by Crippen LogP contribution is 2.25. The molecule has 50 heavy (non-hydrogen) atoms. The molecule has 12 nitrogen and oxygen atoms in total. The van der Waals surface area contributed by atoms with Crippen LogP contribution in [0.15, 0.2) is 79.3 Å². The fourth-order valence-corrected chi connectivity index (χ4v) is 5.43. The molecule has 1 aliphatic heterocycles. The van der Waals surface area contributed by atoms with Gasteiger partial charge in [0, 0.05) is 80.4 Å². The lowest BCUT2D eigenvalue weighted by molar-refractivity contribution is -0.134. The van der Waals surface area contributed by atoms with Crippen LogP contribution in [0.5, 0.6) is 0 Å². The molecule has 0 unspecified atom stereocenters. The summed E-state index contributed by atoms with van der Waals surface area (Å²) in [6.07, 6.45) is 6.56. The number of pyridine rings is 1. The first-order chi connectivity index (χ1) is 24.5. The fourth-order valence-electron chi connectivity index (χ4n) is 5.43. The topological polar surface area (TPSA) is 131 Å². The van der Waals surface area contributed by atoms with Gasteiger partial charge in [0.25, 0.3) is 5.91 Å². The highest BCUT2D eigenvalue weighted by atomic mass is 16.5. The number of nitrogens with one attached hydrogen (secondary N) is 2. The minimum atomic E-state index is -0.193. The zero-order valence-electron chi connectivity index (χ0n) is 29.0. The van der Waals surface area contributed by atoms with Crippen molar-refractivity contribution in [1.82, 2.24) is 24.8 Å². The maximum Gasteiger partial charge on any atom is 0.255 e. The van der Waals surface area contributed by atoms with E-state index in [9.17, 15) is 9.59 Å². The monoisotopic (exact) mass is 681 g/mol.